The van der Waals surface area contributed by atoms with E-state index in [2.05, 4.69) is 10.3 Å². The van der Waals surface area contributed by atoms with Gasteiger partial charge in [-0.1, -0.05) is 11.6 Å². The van der Waals surface area contributed by atoms with Crippen LogP contribution in [0.4, 0.5) is 5.13 Å². The number of halogens is 1. The quantitative estimate of drug-likeness (QED) is 0.880. The summed E-state index contributed by atoms with van der Waals surface area (Å²) >= 11 is 7.09. The average molecular weight is 326 g/mol. The van der Waals surface area contributed by atoms with Crippen molar-refractivity contribution in [3.05, 3.63) is 39.9 Å². The van der Waals surface area contributed by atoms with Crippen LogP contribution in [0.15, 0.2) is 23.6 Å². The molecule has 21 heavy (non-hydrogen) atoms. The van der Waals surface area contributed by atoms with Gasteiger partial charge in [-0.15, -0.1) is 11.3 Å². The maximum Gasteiger partial charge on any atom is 0.261 e. The molecule has 0 fully saturated rings. The molecule has 0 radical (unpaired) electrons. The van der Waals surface area contributed by atoms with Crippen molar-refractivity contribution in [3.63, 3.8) is 0 Å². The summed E-state index contributed by atoms with van der Waals surface area (Å²) in [5.74, 6) is -0.463. The van der Waals surface area contributed by atoms with E-state index in [0.717, 1.165) is 0 Å². The zero-order valence-corrected chi connectivity index (χ0v) is 12.6. The lowest BCUT2D eigenvalue weighted by molar-refractivity contribution is -0.117. The monoisotopic (exact) mass is 325 g/mol. The Balaban J connectivity index is 2.16. The van der Waals surface area contributed by atoms with Gasteiger partial charge in [0.2, 0.25) is 5.91 Å². The van der Waals surface area contributed by atoms with Gasteiger partial charge in [0.25, 0.3) is 5.91 Å². The van der Waals surface area contributed by atoms with Crippen LogP contribution in [0.5, 0.6) is 5.75 Å². The Morgan fingerprint density at radius 3 is 2.90 bits per heavy atom. The number of benzene rings is 1. The predicted octanol–water partition coefficient (Wildman–Crippen LogP) is 2.09. The molecule has 0 aliphatic carbocycles. The van der Waals surface area contributed by atoms with E-state index in [4.69, 9.17) is 22.1 Å². The van der Waals surface area contributed by atoms with Gasteiger partial charge in [0, 0.05) is 10.4 Å². The SMILES string of the molecule is COc1ccc(Cl)cc1C(=O)Nc1nc(CC(N)=O)cs1. The molecular weight excluding hydrogens is 314 g/mol. The molecule has 0 bridgehead atoms. The van der Waals surface area contributed by atoms with E-state index in [1.807, 2.05) is 0 Å². The highest BCUT2D eigenvalue weighted by atomic mass is 35.5. The van der Waals surface area contributed by atoms with E-state index in [-0.39, 0.29) is 6.42 Å². The van der Waals surface area contributed by atoms with Gasteiger partial charge in [0.05, 0.1) is 24.8 Å². The van der Waals surface area contributed by atoms with Crippen LogP contribution in [-0.2, 0) is 11.2 Å². The molecule has 0 aliphatic rings. The van der Waals surface area contributed by atoms with E-state index >= 15 is 0 Å². The maximum absolute atomic E-state index is 12.2. The summed E-state index contributed by atoms with van der Waals surface area (Å²) in [6.07, 6.45) is 0.0346. The molecule has 6 nitrogen and oxygen atoms in total. The van der Waals surface area contributed by atoms with Crippen molar-refractivity contribution in [1.82, 2.24) is 4.98 Å². The largest absolute Gasteiger partial charge is 0.496 e. The van der Waals surface area contributed by atoms with Crippen molar-refractivity contribution < 1.29 is 14.3 Å². The van der Waals surface area contributed by atoms with Crippen LogP contribution in [0.25, 0.3) is 0 Å². The topological polar surface area (TPSA) is 94.3 Å². The van der Waals surface area contributed by atoms with E-state index in [1.54, 1.807) is 17.5 Å². The van der Waals surface area contributed by atoms with Gasteiger partial charge in [-0.25, -0.2) is 4.98 Å². The second kappa shape index (κ2) is 6.55. The van der Waals surface area contributed by atoms with Gasteiger partial charge in [-0.3, -0.25) is 14.9 Å². The van der Waals surface area contributed by atoms with Crippen LogP contribution < -0.4 is 15.8 Å². The normalized spacial score (nSPS) is 10.2. The maximum atomic E-state index is 12.2. The molecule has 0 saturated heterocycles. The first-order valence-electron chi connectivity index (χ1n) is 5.87. The van der Waals surface area contributed by atoms with Crippen molar-refractivity contribution in [2.24, 2.45) is 5.73 Å². The summed E-state index contributed by atoms with van der Waals surface area (Å²) in [4.78, 5) is 27.1. The Hall–Kier alpha value is -2.12. The third kappa shape index (κ3) is 3.93. The fourth-order valence-corrected chi connectivity index (χ4v) is 2.52. The number of amides is 2. The molecule has 0 saturated carbocycles. The third-order valence-electron chi connectivity index (χ3n) is 2.53. The zero-order chi connectivity index (χ0) is 15.4. The fourth-order valence-electron chi connectivity index (χ4n) is 1.65. The molecule has 2 amide bonds. The number of rotatable bonds is 5. The molecular formula is C13H12ClN3O3S. The highest BCUT2D eigenvalue weighted by molar-refractivity contribution is 7.14. The summed E-state index contributed by atoms with van der Waals surface area (Å²) in [6.45, 7) is 0. The van der Waals surface area contributed by atoms with E-state index in [0.29, 0.717) is 27.2 Å². The molecule has 8 heteroatoms. The molecule has 1 heterocycles. The van der Waals surface area contributed by atoms with E-state index in [9.17, 15) is 9.59 Å². The van der Waals surface area contributed by atoms with Crippen molar-refractivity contribution in [3.8, 4) is 5.75 Å². The van der Waals surface area contributed by atoms with Gasteiger partial charge in [0.15, 0.2) is 5.13 Å². The summed E-state index contributed by atoms with van der Waals surface area (Å²) in [5.41, 5.74) is 5.90. The number of ether oxygens (including phenoxy) is 1. The summed E-state index contributed by atoms with van der Waals surface area (Å²) < 4.78 is 5.12. The minimum Gasteiger partial charge on any atom is -0.496 e. The lowest BCUT2D eigenvalue weighted by atomic mass is 10.2. The molecule has 1 aromatic heterocycles. The highest BCUT2D eigenvalue weighted by Gasteiger charge is 2.15. The van der Waals surface area contributed by atoms with E-state index in [1.165, 1.54) is 24.5 Å². The number of anilines is 1. The number of thiazole rings is 1. The molecule has 0 atom stereocenters. The molecule has 0 unspecified atom stereocenters. The van der Waals surface area contributed by atoms with Crippen molar-refractivity contribution in [1.29, 1.82) is 0 Å². The Labute approximate surface area is 129 Å². The molecule has 0 aliphatic heterocycles. The smallest absolute Gasteiger partial charge is 0.261 e. The van der Waals surface area contributed by atoms with Crippen LogP contribution in [0.2, 0.25) is 5.02 Å². The number of hydrogen-bond acceptors (Lipinski definition) is 5. The lowest BCUT2D eigenvalue weighted by Crippen LogP contribution is -2.15. The number of nitrogens with zero attached hydrogens (tertiary/aromatic N) is 1. The number of nitrogens with one attached hydrogen (secondary N) is 1. The average Bonchev–Trinajstić information content (AvgIpc) is 2.85. The number of carbonyl (C=O) groups is 2. The van der Waals surface area contributed by atoms with Crippen molar-refractivity contribution in [2.75, 3.05) is 12.4 Å². The first-order valence-corrected chi connectivity index (χ1v) is 7.13. The highest BCUT2D eigenvalue weighted by Crippen LogP contribution is 2.24. The number of carbonyl (C=O) groups excluding carboxylic acids is 2. The third-order valence-corrected chi connectivity index (χ3v) is 3.58. The molecule has 3 N–H and O–H groups in total. The fraction of sp³-hybridized carbons (Fsp3) is 0.154. The Morgan fingerprint density at radius 2 is 2.24 bits per heavy atom. The van der Waals surface area contributed by atoms with Gasteiger partial charge in [0.1, 0.15) is 5.75 Å². The minimum atomic E-state index is -0.477. The first kappa shape index (κ1) is 15.3. The van der Waals surface area contributed by atoms with E-state index < -0.39 is 11.8 Å². The van der Waals surface area contributed by atoms with Gasteiger partial charge >= 0.3 is 0 Å². The second-order valence-electron chi connectivity index (χ2n) is 4.09. The van der Waals surface area contributed by atoms with Crippen LogP contribution in [-0.4, -0.2) is 23.9 Å². The lowest BCUT2D eigenvalue weighted by Gasteiger charge is -2.08. The minimum absolute atomic E-state index is 0.0346. The van der Waals surface area contributed by atoms with Crippen LogP contribution in [0.3, 0.4) is 0 Å². The van der Waals surface area contributed by atoms with Crippen molar-refractivity contribution in [2.45, 2.75) is 6.42 Å². The molecule has 0 spiro atoms. The number of nitrogens with two attached hydrogens (primary N) is 1. The van der Waals surface area contributed by atoms with Crippen LogP contribution >= 0.6 is 22.9 Å². The molecule has 2 rings (SSSR count). The van der Waals surface area contributed by atoms with Gasteiger partial charge < -0.3 is 10.5 Å². The summed E-state index contributed by atoms with van der Waals surface area (Å²) in [6, 6.07) is 4.75. The van der Waals surface area contributed by atoms with Gasteiger partial charge in [-0.2, -0.15) is 0 Å². The molecule has 110 valence electrons. The second-order valence-corrected chi connectivity index (χ2v) is 5.38. The predicted molar refractivity (Wildman–Crippen MR) is 81.0 cm³/mol. The molecule has 2 aromatic rings. The number of hydrogen-bond donors (Lipinski definition) is 2. The Morgan fingerprint density at radius 1 is 1.48 bits per heavy atom. The summed E-state index contributed by atoms with van der Waals surface area (Å²) in [5, 5.41) is 5.09. The Bertz CT molecular complexity index is 687. The molecule has 1 aromatic carbocycles. The van der Waals surface area contributed by atoms with Gasteiger partial charge in [-0.05, 0) is 18.2 Å². The number of primary amides is 1. The Kier molecular flexibility index (Phi) is 4.77. The van der Waals surface area contributed by atoms with Crippen LogP contribution in [0, 0.1) is 0 Å². The van der Waals surface area contributed by atoms with Crippen LogP contribution in [0.1, 0.15) is 16.1 Å². The number of methoxy groups -OCH3 is 1. The first-order chi connectivity index (χ1) is 9.99. The standard InChI is InChI=1S/C13H12ClN3O3S/c1-20-10-3-2-7(14)4-9(10)12(19)17-13-16-8(6-21-13)5-11(15)18/h2-4,6H,5H2,1H3,(H2,15,18)(H,16,17,19). The van der Waals surface area contributed by atoms with Crippen molar-refractivity contribution >= 4 is 39.9 Å². The summed E-state index contributed by atoms with van der Waals surface area (Å²) in [7, 11) is 1.47. The number of aromatic nitrogens is 1. The zero-order valence-electron chi connectivity index (χ0n) is 11.1.